The van der Waals surface area contributed by atoms with Crippen LogP contribution in [0.25, 0.3) is 0 Å². The number of primary amides is 1. The minimum absolute atomic E-state index is 0.140. The predicted octanol–water partition coefficient (Wildman–Crippen LogP) is -0.901. The number of hydrogen-bond donors (Lipinski definition) is 3. The Balaban J connectivity index is 1.98. The molecule has 0 bridgehead atoms. The molecular formula is C15H19N3O5S. The maximum Gasteiger partial charge on any atom is 0.243 e. The smallest absolute Gasteiger partial charge is 0.243 e. The summed E-state index contributed by atoms with van der Waals surface area (Å²) in [5.41, 5.74) is 5.24. The van der Waals surface area contributed by atoms with E-state index in [1.807, 2.05) is 0 Å². The van der Waals surface area contributed by atoms with Gasteiger partial charge in [0.2, 0.25) is 17.7 Å². The second kappa shape index (κ2) is 7.43. The number of nitrogens with one attached hydrogen (secondary N) is 2. The second-order valence-electron chi connectivity index (χ2n) is 5.54. The van der Waals surface area contributed by atoms with E-state index in [0.717, 1.165) is 0 Å². The van der Waals surface area contributed by atoms with Crippen LogP contribution in [0.3, 0.4) is 0 Å². The SMILES string of the molecule is NC(=O)[C@H](CCS(=O)(=O)c1ccccc1)NC(=O)[C@H]1CCC(=O)N1. The summed E-state index contributed by atoms with van der Waals surface area (Å²) >= 11 is 0. The molecule has 4 N–H and O–H groups in total. The quantitative estimate of drug-likeness (QED) is 0.584. The molecule has 1 saturated heterocycles. The molecule has 0 radical (unpaired) electrons. The summed E-state index contributed by atoms with van der Waals surface area (Å²) in [6.07, 6.45) is 0.430. The fraction of sp³-hybridized carbons (Fsp3) is 0.400. The number of sulfone groups is 1. The number of benzene rings is 1. The Morgan fingerprint density at radius 1 is 1.29 bits per heavy atom. The van der Waals surface area contributed by atoms with Gasteiger partial charge in [-0.2, -0.15) is 0 Å². The van der Waals surface area contributed by atoms with Gasteiger partial charge in [-0.05, 0) is 25.0 Å². The van der Waals surface area contributed by atoms with Crippen molar-refractivity contribution in [1.82, 2.24) is 10.6 Å². The lowest BCUT2D eigenvalue weighted by Crippen LogP contribution is -2.51. The van der Waals surface area contributed by atoms with Crippen molar-refractivity contribution < 1.29 is 22.8 Å². The summed E-state index contributed by atoms with van der Waals surface area (Å²) in [6.45, 7) is 0. The van der Waals surface area contributed by atoms with E-state index in [-0.39, 0.29) is 29.4 Å². The average molecular weight is 353 g/mol. The molecule has 1 aromatic carbocycles. The van der Waals surface area contributed by atoms with E-state index in [1.54, 1.807) is 18.2 Å². The molecule has 1 heterocycles. The van der Waals surface area contributed by atoms with Crippen LogP contribution in [0.5, 0.6) is 0 Å². The molecule has 1 aliphatic rings. The summed E-state index contributed by atoms with van der Waals surface area (Å²) in [4.78, 5) is 34.8. The van der Waals surface area contributed by atoms with Gasteiger partial charge < -0.3 is 16.4 Å². The van der Waals surface area contributed by atoms with Crippen LogP contribution in [-0.2, 0) is 24.2 Å². The summed E-state index contributed by atoms with van der Waals surface area (Å²) in [5, 5.41) is 4.89. The van der Waals surface area contributed by atoms with Gasteiger partial charge in [-0.3, -0.25) is 14.4 Å². The molecule has 8 nitrogen and oxygen atoms in total. The van der Waals surface area contributed by atoms with E-state index >= 15 is 0 Å². The van der Waals surface area contributed by atoms with Crippen molar-refractivity contribution in [2.24, 2.45) is 5.73 Å². The molecule has 130 valence electrons. The zero-order valence-corrected chi connectivity index (χ0v) is 13.7. The Hall–Kier alpha value is -2.42. The van der Waals surface area contributed by atoms with Gasteiger partial charge in [-0.1, -0.05) is 18.2 Å². The van der Waals surface area contributed by atoms with E-state index < -0.39 is 33.7 Å². The van der Waals surface area contributed by atoms with Crippen molar-refractivity contribution in [3.63, 3.8) is 0 Å². The van der Waals surface area contributed by atoms with E-state index in [9.17, 15) is 22.8 Å². The largest absolute Gasteiger partial charge is 0.368 e. The molecule has 24 heavy (non-hydrogen) atoms. The van der Waals surface area contributed by atoms with Crippen LogP contribution in [-0.4, -0.2) is 44.0 Å². The fourth-order valence-corrected chi connectivity index (χ4v) is 3.74. The molecule has 0 saturated carbocycles. The summed E-state index contributed by atoms with van der Waals surface area (Å²) < 4.78 is 24.4. The molecule has 0 aromatic heterocycles. The molecule has 1 aromatic rings. The number of carbonyl (C=O) groups excluding carboxylic acids is 3. The Morgan fingerprint density at radius 3 is 2.50 bits per heavy atom. The molecule has 9 heteroatoms. The van der Waals surface area contributed by atoms with E-state index in [1.165, 1.54) is 12.1 Å². The van der Waals surface area contributed by atoms with Crippen LogP contribution in [0.4, 0.5) is 0 Å². The highest BCUT2D eigenvalue weighted by Gasteiger charge is 2.30. The van der Waals surface area contributed by atoms with E-state index in [2.05, 4.69) is 10.6 Å². The van der Waals surface area contributed by atoms with Crippen LogP contribution in [0, 0.1) is 0 Å². The molecule has 1 aliphatic heterocycles. The van der Waals surface area contributed by atoms with Gasteiger partial charge in [0.15, 0.2) is 9.84 Å². The maximum absolute atomic E-state index is 12.2. The van der Waals surface area contributed by atoms with Crippen molar-refractivity contribution in [3.05, 3.63) is 30.3 Å². The van der Waals surface area contributed by atoms with Crippen LogP contribution in [0.2, 0.25) is 0 Å². The third-order valence-electron chi connectivity index (χ3n) is 3.75. The first-order valence-corrected chi connectivity index (χ1v) is 9.11. The van der Waals surface area contributed by atoms with Gasteiger partial charge in [-0.25, -0.2) is 8.42 Å². The molecule has 0 spiro atoms. The van der Waals surface area contributed by atoms with Crippen molar-refractivity contribution >= 4 is 27.6 Å². The molecule has 0 aliphatic carbocycles. The highest BCUT2D eigenvalue weighted by molar-refractivity contribution is 7.91. The minimum Gasteiger partial charge on any atom is -0.368 e. The van der Waals surface area contributed by atoms with Crippen LogP contribution in [0.15, 0.2) is 35.2 Å². The Labute approximate surface area is 139 Å². The molecule has 2 atom stereocenters. The molecule has 0 unspecified atom stereocenters. The van der Waals surface area contributed by atoms with Gasteiger partial charge in [0, 0.05) is 6.42 Å². The lowest BCUT2D eigenvalue weighted by atomic mass is 10.1. The Bertz CT molecular complexity index is 733. The van der Waals surface area contributed by atoms with E-state index in [0.29, 0.717) is 6.42 Å². The maximum atomic E-state index is 12.2. The first-order valence-electron chi connectivity index (χ1n) is 7.46. The third kappa shape index (κ3) is 4.54. The molecule has 2 rings (SSSR count). The van der Waals surface area contributed by atoms with Crippen molar-refractivity contribution in [1.29, 1.82) is 0 Å². The van der Waals surface area contributed by atoms with Gasteiger partial charge in [0.1, 0.15) is 12.1 Å². The van der Waals surface area contributed by atoms with Crippen LogP contribution in [0.1, 0.15) is 19.3 Å². The second-order valence-corrected chi connectivity index (χ2v) is 7.65. The Kier molecular flexibility index (Phi) is 5.55. The number of carbonyl (C=O) groups is 3. The normalized spacial score (nSPS) is 18.7. The summed E-state index contributed by atoms with van der Waals surface area (Å²) in [5.74, 6) is -1.93. The van der Waals surface area contributed by atoms with Gasteiger partial charge in [-0.15, -0.1) is 0 Å². The van der Waals surface area contributed by atoms with Gasteiger partial charge in [0.25, 0.3) is 0 Å². The van der Waals surface area contributed by atoms with Crippen molar-refractivity contribution in [2.45, 2.75) is 36.2 Å². The first-order chi connectivity index (χ1) is 11.3. The van der Waals surface area contributed by atoms with Crippen molar-refractivity contribution in [3.8, 4) is 0 Å². The number of hydrogen-bond acceptors (Lipinski definition) is 5. The monoisotopic (exact) mass is 353 g/mol. The zero-order chi connectivity index (χ0) is 17.7. The number of amides is 3. The molecule has 3 amide bonds. The summed E-state index contributed by atoms with van der Waals surface area (Å²) in [7, 11) is -3.58. The van der Waals surface area contributed by atoms with Gasteiger partial charge in [0.05, 0.1) is 10.6 Å². The van der Waals surface area contributed by atoms with Crippen molar-refractivity contribution in [2.75, 3.05) is 5.75 Å². The van der Waals surface area contributed by atoms with Crippen LogP contribution < -0.4 is 16.4 Å². The first kappa shape index (κ1) is 17.9. The molecular weight excluding hydrogens is 334 g/mol. The number of rotatable bonds is 7. The summed E-state index contributed by atoms with van der Waals surface area (Å²) in [6, 6.07) is 5.98. The lowest BCUT2D eigenvalue weighted by Gasteiger charge is -2.18. The zero-order valence-electron chi connectivity index (χ0n) is 12.9. The topological polar surface area (TPSA) is 135 Å². The average Bonchev–Trinajstić information content (AvgIpc) is 2.98. The fourth-order valence-electron chi connectivity index (χ4n) is 2.39. The number of nitrogens with two attached hydrogens (primary N) is 1. The standard InChI is InChI=1S/C15H19N3O5S/c16-14(20)11(18-15(21)12-6-7-13(19)17-12)8-9-24(22,23)10-4-2-1-3-5-10/h1-5,11-12H,6-9H2,(H2,16,20)(H,17,19)(H,18,21)/t11-,12+/m0/s1. The Morgan fingerprint density at radius 2 is 1.96 bits per heavy atom. The third-order valence-corrected chi connectivity index (χ3v) is 5.51. The lowest BCUT2D eigenvalue weighted by molar-refractivity contribution is -0.129. The van der Waals surface area contributed by atoms with Gasteiger partial charge >= 0.3 is 0 Å². The van der Waals surface area contributed by atoms with Crippen LogP contribution >= 0.6 is 0 Å². The minimum atomic E-state index is -3.58. The highest BCUT2D eigenvalue weighted by atomic mass is 32.2. The highest BCUT2D eigenvalue weighted by Crippen LogP contribution is 2.13. The van der Waals surface area contributed by atoms with E-state index in [4.69, 9.17) is 5.73 Å². The molecule has 1 fully saturated rings. The predicted molar refractivity (Wildman–Crippen MR) is 85.4 cm³/mol.